The first-order chi connectivity index (χ1) is 11.2. The lowest BCUT2D eigenvalue weighted by atomic mass is 9.74. The summed E-state index contributed by atoms with van der Waals surface area (Å²) in [6, 6.07) is 6.01. The second-order valence-electron chi connectivity index (χ2n) is 6.84. The van der Waals surface area contributed by atoms with Crippen LogP contribution in [0.4, 0.5) is 0 Å². The molecular weight excluding hydrogens is 326 g/mol. The number of hydrogen-bond donors (Lipinski definition) is 2. The second kappa shape index (κ2) is 7.21. The third kappa shape index (κ3) is 3.79. The maximum atomic E-state index is 12.8. The summed E-state index contributed by atoms with van der Waals surface area (Å²) >= 11 is 0. The Morgan fingerprint density at radius 3 is 2.42 bits per heavy atom. The Labute approximate surface area is 144 Å². The fourth-order valence-electron chi connectivity index (χ4n) is 3.27. The van der Waals surface area contributed by atoms with Crippen molar-refractivity contribution >= 4 is 15.9 Å². The van der Waals surface area contributed by atoms with Gasteiger partial charge in [0.05, 0.1) is 4.90 Å². The zero-order valence-electron chi connectivity index (χ0n) is 14.6. The van der Waals surface area contributed by atoms with E-state index in [2.05, 4.69) is 4.72 Å². The second-order valence-corrected chi connectivity index (χ2v) is 8.52. The van der Waals surface area contributed by atoms with Crippen molar-refractivity contribution < 1.29 is 13.2 Å². The quantitative estimate of drug-likeness (QED) is 0.840. The third-order valence-electron chi connectivity index (χ3n) is 4.97. The highest BCUT2D eigenvalue weighted by molar-refractivity contribution is 7.89. The summed E-state index contributed by atoms with van der Waals surface area (Å²) in [6.45, 7) is 2.33. The van der Waals surface area contributed by atoms with E-state index in [1.165, 1.54) is 29.2 Å². The Hall–Kier alpha value is -1.44. The lowest BCUT2D eigenvalue weighted by Crippen LogP contribution is -2.58. The van der Waals surface area contributed by atoms with Gasteiger partial charge >= 0.3 is 0 Å². The van der Waals surface area contributed by atoms with Gasteiger partial charge in [-0.25, -0.2) is 13.1 Å². The molecule has 0 aromatic heterocycles. The van der Waals surface area contributed by atoms with E-state index in [9.17, 15) is 13.2 Å². The van der Waals surface area contributed by atoms with Gasteiger partial charge in [-0.3, -0.25) is 4.79 Å². The zero-order valence-corrected chi connectivity index (χ0v) is 15.4. The van der Waals surface area contributed by atoms with Crippen LogP contribution in [0.25, 0.3) is 0 Å². The number of nitrogens with one attached hydrogen (secondary N) is 1. The molecular formula is C17H27N3O3S. The molecule has 1 aliphatic carbocycles. The van der Waals surface area contributed by atoms with Gasteiger partial charge < -0.3 is 10.6 Å². The van der Waals surface area contributed by atoms with E-state index < -0.39 is 15.6 Å². The van der Waals surface area contributed by atoms with Gasteiger partial charge in [0.25, 0.3) is 5.91 Å². The Balaban J connectivity index is 2.25. The Morgan fingerprint density at radius 2 is 1.92 bits per heavy atom. The van der Waals surface area contributed by atoms with E-state index in [1.807, 2.05) is 6.92 Å². The monoisotopic (exact) mass is 353 g/mol. The van der Waals surface area contributed by atoms with E-state index in [1.54, 1.807) is 14.1 Å². The lowest BCUT2D eigenvalue weighted by molar-refractivity contribution is 0.0827. The molecule has 2 rings (SSSR count). The van der Waals surface area contributed by atoms with Crippen LogP contribution in [0.3, 0.4) is 0 Å². The summed E-state index contributed by atoms with van der Waals surface area (Å²) in [7, 11) is -0.367. The molecule has 1 aromatic rings. The smallest absolute Gasteiger partial charge is 0.253 e. The van der Waals surface area contributed by atoms with Crippen LogP contribution >= 0.6 is 0 Å². The molecule has 1 saturated carbocycles. The van der Waals surface area contributed by atoms with Gasteiger partial charge in [-0.15, -0.1) is 0 Å². The molecule has 0 aliphatic heterocycles. The van der Waals surface area contributed by atoms with Crippen LogP contribution in [0.5, 0.6) is 0 Å². The highest BCUT2D eigenvalue weighted by Crippen LogP contribution is 2.34. The van der Waals surface area contributed by atoms with Crippen molar-refractivity contribution in [2.24, 2.45) is 11.7 Å². The molecule has 134 valence electrons. The Morgan fingerprint density at radius 1 is 1.29 bits per heavy atom. The van der Waals surface area contributed by atoms with Crippen molar-refractivity contribution in [3.05, 3.63) is 29.8 Å². The van der Waals surface area contributed by atoms with Crippen molar-refractivity contribution in [3.63, 3.8) is 0 Å². The molecule has 1 fully saturated rings. The number of rotatable bonds is 5. The molecule has 0 saturated heterocycles. The minimum atomic E-state index is -3.68. The van der Waals surface area contributed by atoms with Crippen molar-refractivity contribution in [2.75, 3.05) is 20.6 Å². The maximum Gasteiger partial charge on any atom is 0.253 e. The summed E-state index contributed by atoms with van der Waals surface area (Å²) in [5.74, 6) is 0.0341. The van der Waals surface area contributed by atoms with E-state index in [0.29, 0.717) is 5.56 Å². The molecule has 0 spiro atoms. The van der Waals surface area contributed by atoms with Crippen LogP contribution in [-0.4, -0.2) is 45.4 Å². The maximum absolute atomic E-state index is 12.8. The summed E-state index contributed by atoms with van der Waals surface area (Å²) in [5, 5.41) is 0. The van der Waals surface area contributed by atoms with E-state index in [-0.39, 0.29) is 23.3 Å². The standard InChI is InChI=1S/C17H27N3O3S/c1-13-6-4-5-11-17(13,12-18)19-24(22,23)15-9-7-14(8-10-15)16(21)20(2)3/h7-10,13,19H,4-6,11-12,18H2,1-3H3. The molecule has 1 amide bonds. The lowest BCUT2D eigenvalue weighted by Gasteiger charge is -2.42. The number of hydrogen-bond acceptors (Lipinski definition) is 4. The molecule has 6 nitrogen and oxygen atoms in total. The molecule has 0 radical (unpaired) electrons. The van der Waals surface area contributed by atoms with Crippen LogP contribution in [0.2, 0.25) is 0 Å². The van der Waals surface area contributed by atoms with Gasteiger partial charge in [-0.2, -0.15) is 0 Å². The van der Waals surface area contributed by atoms with Gasteiger partial charge in [-0.1, -0.05) is 19.8 Å². The van der Waals surface area contributed by atoms with Crippen molar-refractivity contribution in [1.29, 1.82) is 0 Å². The number of nitrogens with two attached hydrogens (primary N) is 1. The molecule has 0 heterocycles. The van der Waals surface area contributed by atoms with Gasteiger partial charge in [0.1, 0.15) is 0 Å². The number of nitrogens with zero attached hydrogens (tertiary/aromatic N) is 1. The van der Waals surface area contributed by atoms with Crippen LogP contribution < -0.4 is 10.5 Å². The molecule has 7 heteroatoms. The highest BCUT2D eigenvalue weighted by Gasteiger charge is 2.40. The minimum Gasteiger partial charge on any atom is -0.345 e. The minimum absolute atomic E-state index is 0.156. The van der Waals surface area contributed by atoms with Crippen molar-refractivity contribution in [3.8, 4) is 0 Å². The normalized spacial score (nSPS) is 24.6. The topological polar surface area (TPSA) is 92.5 Å². The predicted molar refractivity (Wildman–Crippen MR) is 94.2 cm³/mol. The molecule has 2 unspecified atom stereocenters. The van der Waals surface area contributed by atoms with Crippen LogP contribution in [0.1, 0.15) is 43.0 Å². The molecule has 3 N–H and O–H groups in total. The number of amides is 1. The average Bonchev–Trinajstić information content (AvgIpc) is 2.56. The number of carbonyl (C=O) groups is 1. The van der Waals surface area contributed by atoms with Gasteiger partial charge in [0.15, 0.2) is 0 Å². The summed E-state index contributed by atoms with van der Waals surface area (Å²) < 4.78 is 28.4. The number of sulfonamides is 1. The third-order valence-corrected chi connectivity index (χ3v) is 6.54. The average molecular weight is 353 g/mol. The first-order valence-electron chi connectivity index (χ1n) is 8.27. The number of benzene rings is 1. The molecule has 2 atom stereocenters. The Kier molecular flexibility index (Phi) is 5.67. The molecule has 24 heavy (non-hydrogen) atoms. The Bertz CT molecular complexity index is 686. The van der Waals surface area contributed by atoms with Gasteiger partial charge in [0, 0.05) is 31.7 Å². The fraction of sp³-hybridized carbons (Fsp3) is 0.588. The van der Waals surface area contributed by atoms with E-state index >= 15 is 0 Å². The summed E-state index contributed by atoms with van der Waals surface area (Å²) in [4.78, 5) is 13.5. The largest absolute Gasteiger partial charge is 0.345 e. The zero-order chi connectivity index (χ0) is 18.0. The predicted octanol–water partition coefficient (Wildman–Crippen LogP) is 1.57. The van der Waals surface area contributed by atoms with Crippen LogP contribution in [0, 0.1) is 5.92 Å². The van der Waals surface area contributed by atoms with Crippen molar-refractivity contribution in [2.45, 2.75) is 43.0 Å². The summed E-state index contributed by atoms with van der Waals surface area (Å²) in [5.41, 5.74) is 5.80. The van der Waals surface area contributed by atoms with Crippen LogP contribution in [0.15, 0.2) is 29.2 Å². The molecule has 0 bridgehead atoms. The SMILES string of the molecule is CC1CCCCC1(CN)NS(=O)(=O)c1ccc(C(=O)N(C)C)cc1. The molecule has 1 aliphatic rings. The van der Waals surface area contributed by atoms with E-state index in [0.717, 1.165) is 25.7 Å². The number of carbonyl (C=O) groups excluding carboxylic acids is 1. The highest BCUT2D eigenvalue weighted by atomic mass is 32.2. The van der Waals surface area contributed by atoms with Crippen LogP contribution in [-0.2, 0) is 10.0 Å². The van der Waals surface area contributed by atoms with Gasteiger partial charge in [-0.05, 0) is 43.0 Å². The first kappa shape index (κ1) is 18.9. The van der Waals surface area contributed by atoms with Crippen molar-refractivity contribution in [1.82, 2.24) is 9.62 Å². The summed E-state index contributed by atoms with van der Waals surface area (Å²) in [6.07, 6.45) is 3.80. The fourth-order valence-corrected chi connectivity index (χ4v) is 4.81. The molecule has 1 aromatic carbocycles. The van der Waals surface area contributed by atoms with Gasteiger partial charge in [0.2, 0.25) is 10.0 Å². The first-order valence-corrected chi connectivity index (χ1v) is 9.76. The van der Waals surface area contributed by atoms with E-state index in [4.69, 9.17) is 5.73 Å².